The molecule has 0 radical (unpaired) electrons. The summed E-state index contributed by atoms with van der Waals surface area (Å²) in [5.41, 5.74) is 5.68. The number of ether oxygens (including phenoxy) is 1. The van der Waals surface area contributed by atoms with Crippen molar-refractivity contribution in [3.05, 3.63) is 58.9 Å². The lowest BCUT2D eigenvalue weighted by atomic mass is 9.96. The van der Waals surface area contributed by atoms with E-state index in [1.807, 2.05) is 43.7 Å². The van der Waals surface area contributed by atoms with Gasteiger partial charge in [-0.2, -0.15) is 5.10 Å². The van der Waals surface area contributed by atoms with Crippen molar-refractivity contribution in [2.45, 2.75) is 59.1 Å². The SMILES string of the molecule is Cc1ccccc1-n1nc(C)c([C@@H]2C=C[C@@H](OC(=O)NC(C)C)C2)c1C. The van der Waals surface area contributed by atoms with E-state index in [0.29, 0.717) is 0 Å². The first-order chi connectivity index (χ1) is 12.4. The molecule has 0 unspecified atom stereocenters. The molecule has 1 amide bonds. The fourth-order valence-corrected chi connectivity index (χ4v) is 3.60. The quantitative estimate of drug-likeness (QED) is 0.832. The van der Waals surface area contributed by atoms with Crippen molar-refractivity contribution in [2.24, 2.45) is 0 Å². The normalized spacial score (nSPS) is 19.2. The lowest BCUT2D eigenvalue weighted by Gasteiger charge is -2.16. The first kappa shape index (κ1) is 18.2. The molecule has 1 aromatic carbocycles. The highest BCUT2D eigenvalue weighted by atomic mass is 16.6. The Morgan fingerprint density at radius 2 is 1.96 bits per heavy atom. The topological polar surface area (TPSA) is 56.2 Å². The monoisotopic (exact) mass is 353 g/mol. The Hall–Kier alpha value is -2.56. The molecule has 1 heterocycles. The Labute approximate surface area is 155 Å². The fourth-order valence-electron chi connectivity index (χ4n) is 3.60. The molecule has 1 N–H and O–H groups in total. The van der Waals surface area contributed by atoms with Crippen molar-refractivity contribution in [2.75, 3.05) is 0 Å². The van der Waals surface area contributed by atoms with Crippen LogP contribution in [0.4, 0.5) is 4.79 Å². The van der Waals surface area contributed by atoms with E-state index in [9.17, 15) is 4.79 Å². The van der Waals surface area contributed by atoms with E-state index in [-0.39, 0.29) is 24.2 Å². The van der Waals surface area contributed by atoms with Gasteiger partial charge in [0.15, 0.2) is 0 Å². The maximum atomic E-state index is 11.8. The van der Waals surface area contributed by atoms with Crippen molar-refractivity contribution in [1.82, 2.24) is 15.1 Å². The second-order valence-corrected chi connectivity index (χ2v) is 7.25. The zero-order valence-electron chi connectivity index (χ0n) is 16.1. The third-order valence-electron chi connectivity index (χ3n) is 4.77. The molecule has 0 fully saturated rings. The predicted molar refractivity (Wildman–Crippen MR) is 103 cm³/mol. The first-order valence-electron chi connectivity index (χ1n) is 9.14. The summed E-state index contributed by atoms with van der Waals surface area (Å²) in [6.07, 6.45) is 4.31. The van der Waals surface area contributed by atoms with Crippen LogP contribution in [0.15, 0.2) is 36.4 Å². The van der Waals surface area contributed by atoms with Gasteiger partial charge in [0.2, 0.25) is 0 Å². The number of amides is 1. The van der Waals surface area contributed by atoms with Crippen LogP contribution in [0, 0.1) is 20.8 Å². The number of allylic oxidation sites excluding steroid dienone is 1. The number of rotatable bonds is 4. The molecule has 2 atom stereocenters. The molecular weight excluding hydrogens is 326 g/mol. The molecule has 26 heavy (non-hydrogen) atoms. The second kappa shape index (κ2) is 7.36. The summed E-state index contributed by atoms with van der Waals surface area (Å²) in [4.78, 5) is 11.8. The highest BCUT2D eigenvalue weighted by Crippen LogP contribution is 2.35. The summed E-state index contributed by atoms with van der Waals surface area (Å²) in [7, 11) is 0. The summed E-state index contributed by atoms with van der Waals surface area (Å²) in [6.45, 7) is 10.1. The van der Waals surface area contributed by atoms with Gasteiger partial charge in [0.25, 0.3) is 0 Å². The maximum absolute atomic E-state index is 11.8. The van der Waals surface area contributed by atoms with Crippen LogP contribution >= 0.6 is 0 Å². The van der Waals surface area contributed by atoms with E-state index in [4.69, 9.17) is 9.84 Å². The van der Waals surface area contributed by atoms with Crippen molar-refractivity contribution in [3.63, 3.8) is 0 Å². The Morgan fingerprint density at radius 1 is 1.23 bits per heavy atom. The van der Waals surface area contributed by atoms with Gasteiger partial charge in [0.05, 0.1) is 11.4 Å². The van der Waals surface area contributed by atoms with Gasteiger partial charge in [-0.25, -0.2) is 9.48 Å². The number of aryl methyl sites for hydroxylation is 2. The minimum Gasteiger partial charge on any atom is -0.442 e. The number of carbonyl (C=O) groups is 1. The molecule has 5 heteroatoms. The van der Waals surface area contributed by atoms with Crippen LogP contribution in [-0.2, 0) is 4.74 Å². The number of benzene rings is 1. The molecule has 0 aliphatic heterocycles. The van der Waals surface area contributed by atoms with Crippen molar-refractivity contribution >= 4 is 6.09 Å². The van der Waals surface area contributed by atoms with Gasteiger partial charge in [-0.3, -0.25) is 0 Å². The lowest BCUT2D eigenvalue weighted by molar-refractivity contribution is 0.115. The summed E-state index contributed by atoms with van der Waals surface area (Å²) < 4.78 is 7.52. The van der Waals surface area contributed by atoms with Crippen LogP contribution in [0.3, 0.4) is 0 Å². The van der Waals surface area contributed by atoms with Gasteiger partial charge in [0, 0.05) is 23.2 Å². The van der Waals surface area contributed by atoms with E-state index in [2.05, 4.69) is 37.4 Å². The molecule has 2 aromatic rings. The second-order valence-electron chi connectivity index (χ2n) is 7.25. The number of carbonyl (C=O) groups excluding carboxylic acids is 1. The first-order valence-corrected chi connectivity index (χ1v) is 9.14. The van der Waals surface area contributed by atoms with Crippen LogP contribution in [0.1, 0.15) is 48.7 Å². The third-order valence-corrected chi connectivity index (χ3v) is 4.77. The van der Waals surface area contributed by atoms with Crippen LogP contribution in [0.25, 0.3) is 5.69 Å². The van der Waals surface area contributed by atoms with E-state index < -0.39 is 0 Å². The minimum absolute atomic E-state index is 0.0699. The molecule has 0 saturated heterocycles. The molecule has 0 saturated carbocycles. The van der Waals surface area contributed by atoms with E-state index in [1.165, 1.54) is 11.1 Å². The number of alkyl carbamates (subject to hydrolysis) is 1. The van der Waals surface area contributed by atoms with Gasteiger partial charge < -0.3 is 10.1 Å². The van der Waals surface area contributed by atoms with Crippen molar-refractivity contribution in [1.29, 1.82) is 0 Å². The Balaban J connectivity index is 1.78. The average Bonchev–Trinajstić information content (AvgIpc) is 3.11. The van der Waals surface area contributed by atoms with Crippen LogP contribution in [-0.4, -0.2) is 28.0 Å². The fraction of sp³-hybridized carbons (Fsp3) is 0.429. The highest BCUT2D eigenvalue weighted by molar-refractivity contribution is 5.68. The van der Waals surface area contributed by atoms with Gasteiger partial charge >= 0.3 is 6.09 Å². The van der Waals surface area contributed by atoms with Crippen molar-refractivity contribution in [3.8, 4) is 5.69 Å². The summed E-state index contributed by atoms with van der Waals surface area (Å²) in [5, 5.41) is 7.54. The van der Waals surface area contributed by atoms with E-state index >= 15 is 0 Å². The van der Waals surface area contributed by atoms with E-state index in [1.54, 1.807) is 0 Å². The third kappa shape index (κ3) is 3.66. The van der Waals surface area contributed by atoms with Gasteiger partial charge in [-0.15, -0.1) is 0 Å². The van der Waals surface area contributed by atoms with Gasteiger partial charge in [-0.05, 0) is 58.7 Å². The number of hydrogen-bond acceptors (Lipinski definition) is 3. The van der Waals surface area contributed by atoms with Crippen LogP contribution < -0.4 is 5.32 Å². The van der Waals surface area contributed by atoms with Gasteiger partial charge in [-0.1, -0.05) is 24.3 Å². The summed E-state index contributed by atoms with van der Waals surface area (Å²) in [6, 6.07) is 8.32. The van der Waals surface area contributed by atoms with Crippen LogP contribution in [0.5, 0.6) is 0 Å². The number of hydrogen-bond donors (Lipinski definition) is 1. The maximum Gasteiger partial charge on any atom is 0.407 e. The highest BCUT2D eigenvalue weighted by Gasteiger charge is 2.28. The summed E-state index contributed by atoms with van der Waals surface area (Å²) >= 11 is 0. The number of aromatic nitrogens is 2. The largest absolute Gasteiger partial charge is 0.442 e. The smallest absolute Gasteiger partial charge is 0.407 e. The zero-order valence-corrected chi connectivity index (χ0v) is 16.1. The Morgan fingerprint density at radius 3 is 2.65 bits per heavy atom. The Kier molecular flexibility index (Phi) is 5.16. The number of para-hydroxylation sites is 1. The summed E-state index contributed by atoms with van der Waals surface area (Å²) in [5.74, 6) is 0.213. The minimum atomic E-state index is -0.362. The molecule has 0 bridgehead atoms. The predicted octanol–water partition coefficient (Wildman–Crippen LogP) is 4.34. The zero-order chi connectivity index (χ0) is 18.8. The molecule has 1 aliphatic rings. The average molecular weight is 353 g/mol. The van der Waals surface area contributed by atoms with E-state index in [0.717, 1.165) is 23.5 Å². The molecular formula is C21H27N3O2. The molecule has 1 aliphatic carbocycles. The van der Waals surface area contributed by atoms with Gasteiger partial charge in [0.1, 0.15) is 6.10 Å². The molecule has 3 rings (SSSR count). The lowest BCUT2D eigenvalue weighted by Crippen LogP contribution is -2.33. The van der Waals surface area contributed by atoms with Crippen molar-refractivity contribution < 1.29 is 9.53 Å². The number of nitrogens with zero attached hydrogens (tertiary/aromatic N) is 2. The van der Waals surface area contributed by atoms with Crippen LogP contribution in [0.2, 0.25) is 0 Å². The standard InChI is InChI=1S/C21H27N3O2/c1-13(2)22-21(25)26-18-11-10-17(12-18)20-15(4)23-24(16(20)5)19-9-7-6-8-14(19)3/h6-11,13,17-18H,12H2,1-5H3,(H,22,25)/t17-,18-/m1/s1. The number of nitrogens with one attached hydrogen (secondary N) is 1. The molecule has 0 spiro atoms. The molecule has 138 valence electrons. The molecule has 5 nitrogen and oxygen atoms in total. The molecule has 1 aromatic heterocycles. The Bertz CT molecular complexity index is 836.